The largest absolute Gasteiger partial charge is 0.374 e. The molecule has 0 aromatic carbocycles. The molecule has 0 spiro atoms. The molecule has 2 rings (SSSR count). The lowest BCUT2D eigenvalue weighted by molar-refractivity contribution is -0.150. The average Bonchev–Trinajstić information content (AvgIpc) is 2.30. The summed E-state index contributed by atoms with van der Waals surface area (Å²) in [5, 5.41) is 0. The van der Waals surface area contributed by atoms with E-state index in [0.29, 0.717) is 22.5 Å². The zero-order valence-corrected chi connectivity index (χ0v) is 13.1. The van der Waals surface area contributed by atoms with Gasteiger partial charge in [-0.3, -0.25) is 0 Å². The van der Waals surface area contributed by atoms with Crippen molar-refractivity contribution >= 4 is 15.9 Å². The van der Waals surface area contributed by atoms with Crippen LogP contribution in [0.4, 0.5) is 0 Å². The highest BCUT2D eigenvalue weighted by molar-refractivity contribution is 9.09. The van der Waals surface area contributed by atoms with Crippen LogP contribution in [0, 0.1) is 11.3 Å². The van der Waals surface area contributed by atoms with Crippen molar-refractivity contribution in [3.63, 3.8) is 0 Å². The lowest BCUT2D eigenvalue weighted by Gasteiger charge is -2.54. The van der Waals surface area contributed by atoms with E-state index in [0.717, 1.165) is 5.92 Å². The van der Waals surface area contributed by atoms with E-state index in [-0.39, 0.29) is 0 Å². The van der Waals surface area contributed by atoms with Crippen LogP contribution in [0.5, 0.6) is 0 Å². The lowest BCUT2D eigenvalue weighted by atomic mass is 9.62. The Bertz CT molecular complexity index is 249. The Hall–Kier alpha value is 0.440. The normalized spacial score (nSPS) is 40.9. The van der Waals surface area contributed by atoms with E-state index >= 15 is 0 Å². The highest BCUT2D eigenvalue weighted by atomic mass is 79.9. The van der Waals surface area contributed by atoms with Crippen LogP contribution in [0.25, 0.3) is 0 Å². The van der Waals surface area contributed by atoms with Gasteiger partial charge in [-0.05, 0) is 38.0 Å². The number of alkyl halides is 1. The van der Waals surface area contributed by atoms with Crippen molar-refractivity contribution in [1.82, 2.24) is 0 Å². The van der Waals surface area contributed by atoms with Crippen LogP contribution in [-0.2, 0) is 4.74 Å². The molecular weight excluding hydrogens is 276 g/mol. The average molecular weight is 303 g/mol. The smallest absolute Gasteiger partial charge is 0.0656 e. The van der Waals surface area contributed by atoms with Gasteiger partial charge in [0.05, 0.1) is 12.2 Å². The summed E-state index contributed by atoms with van der Waals surface area (Å²) < 4.78 is 6.44. The van der Waals surface area contributed by atoms with Crippen LogP contribution in [-0.4, -0.2) is 17.0 Å². The van der Waals surface area contributed by atoms with Crippen molar-refractivity contribution < 1.29 is 4.74 Å². The van der Waals surface area contributed by atoms with Gasteiger partial charge >= 0.3 is 0 Å². The van der Waals surface area contributed by atoms with Gasteiger partial charge in [-0.25, -0.2) is 0 Å². The molecule has 2 aliphatic rings. The van der Waals surface area contributed by atoms with E-state index in [1.807, 2.05) is 0 Å². The second-order valence-electron chi connectivity index (χ2n) is 6.16. The zero-order valence-electron chi connectivity index (χ0n) is 11.5. The number of rotatable bonds is 4. The highest BCUT2D eigenvalue weighted by Crippen LogP contribution is 2.53. The fourth-order valence-electron chi connectivity index (χ4n) is 3.77. The minimum absolute atomic E-state index is 0.417. The summed E-state index contributed by atoms with van der Waals surface area (Å²) in [6.45, 7) is 7.00. The minimum atomic E-state index is 0.417. The van der Waals surface area contributed by atoms with Gasteiger partial charge < -0.3 is 4.74 Å². The third-order valence-corrected chi connectivity index (χ3v) is 6.53. The monoisotopic (exact) mass is 302 g/mol. The maximum atomic E-state index is 6.44. The summed E-state index contributed by atoms with van der Waals surface area (Å²) in [6, 6.07) is 0. The molecular formula is C15H27BrO. The number of ether oxygens (including phenoxy) is 1. The Morgan fingerprint density at radius 1 is 1.18 bits per heavy atom. The maximum absolute atomic E-state index is 6.44. The van der Waals surface area contributed by atoms with Gasteiger partial charge in [0.25, 0.3) is 0 Å². The molecule has 0 aliphatic heterocycles. The second kappa shape index (κ2) is 5.61. The van der Waals surface area contributed by atoms with Crippen LogP contribution in [0.2, 0.25) is 0 Å². The van der Waals surface area contributed by atoms with Gasteiger partial charge in [-0.15, -0.1) is 0 Å². The van der Waals surface area contributed by atoms with Gasteiger partial charge in [0.2, 0.25) is 0 Å². The van der Waals surface area contributed by atoms with Gasteiger partial charge in [-0.2, -0.15) is 0 Å². The first-order valence-corrected chi connectivity index (χ1v) is 8.33. The van der Waals surface area contributed by atoms with E-state index in [9.17, 15) is 0 Å². The summed E-state index contributed by atoms with van der Waals surface area (Å²) in [5.41, 5.74) is 0.417. The molecule has 1 nitrogen and oxygen atoms in total. The second-order valence-corrected chi connectivity index (χ2v) is 7.27. The summed E-state index contributed by atoms with van der Waals surface area (Å²) in [7, 11) is 0. The number of halogens is 1. The molecule has 0 bridgehead atoms. The van der Waals surface area contributed by atoms with Crippen LogP contribution in [0.15, 0.2) is 0 Å². The van der Waals surface area contributed by atoms with Crippen molar-refractivity contribution in [1.29, 1.82) is 0 Å². The summed E-state index contributed by atoms with van der Waals surface area (Å²) in [5.74, 6) is 0.867. The Kier molecular flexibility index (Phi) is 4.57. The van der Waals surface area contributed by atoms with E-state index in [1.54, 1.807) is 0 Å². The molecule has 0 heterocycles. The summed E-state index contributed by atoms with van der Waals surface area (Å²) in [4.78, 5) is 0.677. The molecule has 100 valence electrons. The Labute approximate surface area is 115 Å². The van der Waals surface area contributed by atoms with Crippen molar-refractivity contribution in [2.45, 2.75) is 82.8 Å². The molecule has 0 amide bonds. The van der Waals surface area contributed by atoms with Gasteiger partial charge in [0, 0.05) is 10.2 Å². The van der Waals surface area contributed by atoms with E-state index in [1.165, 1.54) is 44.9 Å². The van der Waals surface area contributed by atoms with Gasteiger partial charge in [-0.1, -0.05) is 49.5 Å². The molecule has 4 atom stereocenters. The van der Waals surface area contributed by atoms with E-state index in [4.69, 9.17) is 4.74 Å². The summed E-state index contributed by atoms with van der Waals surface area (Å²) >= 11 is 3.84. The summed E-state index contributed by atoms with van der Waals surface area (Å²) in [6.07, 6.45) is 10.1. The molecule has 0 saturated heterocycles. The van der Waals surface area contributed by atoms with E-state index in [2.05, 4.69) is 36.7 Å². The molecule has 0 radical (unpaired) electrons. The fourth-order valence-corrected chi connectivity index (χ4v) is 5.05. The third kappa shape index (κ3) is 2.58. The molecule has 0 N–H and O–H groups in total. The van der Waals surface area contributed by atoms with Gasteiger partial charge in [0.15, 0.2) is 0 Å². The first-order valence-electron chi connectivity index (χ1n) is 7.42. The molecule has 2 fully saturated rings. The van der Waals surface area contributed by atoms with E-state index < -0.39 is 0 Å². The molecule has 0 aromatic rings. The molecule has 2 aliphatic carbocycles. The van der Waals surface area contributed by atoms with Crippen molar-refractivity contribution in [2.24, 2.45) is 11.3 Å². The Morgan fingerprint density at radius 3 is 2.41 bits per heavy atom. The number of hydrogen-bond acceptors (Lipinski definition) is 1. The maximum Gasteiger partial charge on any atom is 0.0656 e. The zero-order chi connectivity index (χ0) is 12.5. The van der Waals surface area contributed by atoms with Crippen molar-refractivity contribution in [2.75, 3.05) is 0 Å². The Balaban J connectivity index is 1.91. The van der Waals surface area contributed by atoms with Crippen molar-refractivity contribution in [3.05, 3.63) is 0 Å². The topological polar surface area (TPSA) is 9.23 Å². The minimum Gasteiger partial charge on any atom is -0.374 e. The molecule has 2 heteroatoms. The molecule has 2 saturated carbocycles. The molecule has 0 aromatic heterocycles. The first kappa shape index (κ1) is 13.9. The van der Waals surface area contributed by atoms with Crippen LogP contribution >= 0.6 is 15.9 Å². The van der Waals surface area contributed by atoms with Crippen molar-refractivity contribution in [3.8, 4) is 0 Å². The van der Waals surface area contributed by atoms with Crippen LogP contribution in [0.3, 0.4) is 0 Å². The van der Waals surface area contributed by atoms with Crippen LogP contribution in [0.1, 0.15) is 65.7 Å². The lowest BCUT2D eigenvalue weighted by Crippen LogP contribution is -2.56. The first-order chi connectivity index (χ1) is 8.12. The molecule has 4 unspecified atom stereocenters. The third-order valence-electron chi connectivity index (χ3n) is 5.25. The quantitative estimate of drug-likeness (QED) is 0.670. The van der Waals surface area contributed by atoms with Gasteiger partial charge in [0.1, 0.15) is 0 Å². The highest BCUT2D eigenvalue weighted by Gasteiger charge is 2.52. The fraction of sp³-hybridized carbons (Fsp3) is 1.00. The standard InChI is InChI=1S/C15H27BrO/c1-4-15(5-2)13(16)10-14(15)17-12-8-6-7-11(3)9-12/h11-14H,4-10H2,1-3H3. The number of hydrogen-bond donors (Lipinski definition) is 0. The Morgan fingerprint density at radius 2 is 1.88 bits per heavy atom. The molecule has 17 heavy (non-hydrogen) atoms. The van der Waals surface area contributed by atoms with Crippen LogP contribution < -0.4 is 0 Å². The predicted molar refractivity (Wildman–Crippen MR) is 76.6 cm³/mol. The SMILES string of the molecule is CCC1(CC)C(Br)CC1OC1CCCC(C)C1. The predicted octanol–water partition coefficient (Wildman–Crippen LogP) is 4.92.